The molecule has 0 spiro atoms. The molecular formula is C19H19N5OS. The number of aromatic nitrogens is 4. The Morgan fingerprint density at radius 3 is 2.85 bits per heavy atom. The molecule has 4 aromatic rings. The zero-order chi connectivity index (χ0) is 18.3. The highest BCUT2D eigenvalue weighted by molar-refractivity contribution is 7.16. The van der Waals surface area contributed by atoms with Crippen LogP contribution in [-0.2, 0) is 6.42 Å². The molecule has 0 fully saturated rings. The summed E-state index contributed by atoms with van der Waals surface area (Å²) in [7, 11) is 0. The largest absolute Gasteiger partial charge is 0.352 e. The second kappa shape index (κ2) is 6.49. The van der Waals surface area contributed by atoms with Crippen molar-refractivity contribution in [2.45, 2.75) is 27.2 Å². The third-order valence-electron chi connectivity index (χ3n) is 4.20. The SMILES string of the molecule is Cc1ccc2nc(C)cc(C(=O)NCCc3cn4nc(C)sc4n3)c2c1. The molecule has 4 rings (SSSR count). The molecule has 0 aliphatic carbocycles. The van der Waals surface area contributed by atoms with Gasteiger partial charge in [0.1, 0.15) is 5.01 Å². The lowest BCUT2D eigenvalue weighted by atomic mass is 10.0. The van der Waals surface area contributed by atoms with Gasteiger partial charge in [-0.15, -0.1) is 0 Å². The van der Waals surface area contributed by atoms with E-state index in [2.05, 4.69) is 20.4 Å². The number of rotatable bonds is 4. The predicted octanol–water partition coefficient (Wildman–Crippen LogP) is 3.24. The van der Waals surface area contributed by atoms with E-state index in [9.17, 15) is 4.79 Å². The zero-order valence-corrected chi connectivity index (χ0v) is 15.7. The molecule has 0 bridgehead atoms. The molecule has 3 aromatic heterocycles. The molecule has 1 amide bonds. The summed E-state index contributed by atoms with van der Waals surface area (Å²) in [6.45, 7) is 6.41. The average Bonchev–Trinajstić information content (AvgIpc) is 3.11. The number of benzene rings is 1. The van der Waals surface area contributed by atoms with Crippen LogP contribution in [0, 0.1) is 20.8 Å². The standard InChI is InChI=1S/C19H19N5OS/c1-11-4-5-17-15(8-11)16(9-12(2)21-17)18(25)20-7-6-14-10-24-19(22-14)26-13(3)23-24/h4-5,8-10H,6-7H2,1-3H3,(H,20,25). The number of nitrogens with one attached hydrogen (secondary N) is 1. The number of imidazole rings is 1. The summed E-state index contributed by atoms with van der Waals surface area (Å²) in [4.78, 5) is 22.6. The third-order valence-corrected chi connectivity index (χ3v) is 5.04. The van der Waals surface area contributed by atoms with Crippen molar-refractivity contribution >= 4 is 33.1 Å². The van der Waals surface area contributed by atoms with Gasteiger partial charge in [-0.05, 0) is 39.0 Å². The Morgan fingerprint density at radius 2 is 2.04 bits per heavy atom. The van der Waals surface area contributed by atoms with Crippen LogP contribution in [0.2, 0.25) is 0 Å². The quantitative estimate of drug-likeness (QED) is 0.603. The first-order chi connectivity index (χ1) is 12.5. The summed E-state index contributed by atoms with van der Waals surface area (Å²) in [5.41, 5.74) is 4.38. The number of carbonyl (C=O) groups excluding carboxylic acids is 1. The van der Waals surface area contributed by atoms with Crippen molar-refractivity contribution in [2.24, 2.45) is 0 Å². The Balaban J connectivity index is 1.50. The molecule has 0 saturated carbocycles. The Morgan fingerprint density at radius 1 is 1.19 bits per heavy atom. The van der Waals surface area contributed by atoms with Gasteiger partial charge in [0.15, 0.2) is 0 Å². The van der Waals surface area contributed by atoms with Crippen molar-refractivity contribution in [3.05, 3.63) is 58.0 Å². The first-order valence-electron chi connectivity index (χ1n) is 8.47. The molecule has 0 radical (unpaired) electrons. The number of hydrogen-bond donors (Lipinski definition) is 1. The van der Waals surface area contributed by atoms with Crippen LogP contribution >= 0.6 is 11.3 Å². The Hall–Kier alpha value is -2.80. The minimum absolute atomic E-state index is 0.0823. The lowest BCUT2D eigenvalue weighted by molar-refractivity contribution is 0.0955. The second-order valence-corrected chi connectivity index (χ2v) is 7.58. The van der Waals surface area contributed by atoms with Crippen molar-refractivity contribution < 1.29 is 4.79 Å². The van der Waals surface area contributed by atoms with E-state index in [0.29, 0.717) is 18.5 Å². The molecule has 3 heterocycles. The fourth-order valence-corrected chi connectivity index (χ4v) is 3.77. The minimum atomic E-state index is -0.0823. The summed E-state index contributed by atoms with van der Waals surface area (Å²) in [5, 5.41) is 9.23. The first kappa shape index (κ1) is 16.7. The van der Waals surface area contributed by atoms with Gasteiger partial charge in [0.05, 0.1) is 23.0 Å². The van der Waals surface area contributed by atoms with Gasteiger partial charge < -0.3 is 5.32 Å². The summed E-state index contributed by atoms with van der Waals surface area (Å²) in [6.07, 6.45) is 2.59. The minimum Gasteiger partial charge on any atom is -0.352 e. The molecule has 0 atom stereocenters. The number of nitrogens with zero attached hydrogens (tertiary/aromatic N) is 4. The van der Waals surface area contributed by atoms with Gasteiger partial charge in [-0.25, -0.2) is 9.50 Å². The maximum Gasteiger partial charge on any atom is 0.252 e. The van der Waals surface area contributed by atoms with Crippen LogP contribution in [0.25, 0.3) is 15.9 Å². The molecule has 0 unspecified atom stereocenters. The van der Waals surface area contributed by atoms with Crippen LogP contribution in [0.5, 0.6) is 0 Å². The fraction of sp³-hybridized carbons (Fsp3) is 0.263. The fourth-order valence-electron chi connectivity index (χ4n) is 3.02. The van der Waals surface area contributed by atoms with Crippen molar-refractivity contribution in [3.8, 4) is 0 Å². The van der Waals surface area contributed by atoms with E-state index in [1.807, 2.05) is 51.2 Å². The number of hydrogen-bond acceptors (Lipinski definition) is 5. The number of carbonyl (C=O) groups is 1. The van der Waals surface area contributed by atoms with E-state index in [4.69, 9.17) is 0 Å². The molecule has 0 saturated heterocycles. The average molecular weight is 365 g/mol. The molecule has 26 heavy (non-hydrogen) atoms. The van der Waals surface area contributed by atoms with Crippen LogP contribution in [0.1, 0.15) is 32.3 Å². The third kappa shape index (κ3) is 3.17. The molecule has 1 aromatic carbocycles. The number of aryl methyl sites for hydroxylation is 3. The van der Waals surface area contributed by atoms with Gasteiger partial charge in [0.25, 0.3) is 5.91 Å². The number of fused-ring (bicyclic) bond motifs is 2. The van der Waals surface area contributed by atoms with Gasteiger partial charge in [0.2, 0.25) is 4.96 Å². The Labute approximate surface area is 154 Å². The molecular weight excluding hydrogens is 346 g/mol. The van der Waals surface area contributed by atoms with Gasteiger partial charge in [-0.2, -0.15) is 5.10 Å². The van der Waals surface area contributed by atoms with Crippen LogP contribution in [0.4, 0.5) is 0 Å². The van der Waals surface area contributed by atoms with Crippen LogP contribution < -0.4 is 5.32 Å². The van der Waals surface area contributed by atoms with E-state index in [1.165, 1.54) is 0 Å². The van der Waals surface area contributed by atoms with Crippen LogP contribution in [-0.4, -0.2) is 32.0 Å². The van der Waals surface area contributed by atoms with Gasteiger partial charge >= 0.3 is 0 Å². The highest BCUT2D eigenvalue weighted by atomic mass is 32.1. The van der Waals surface area contributed by atoms with E-state index >= 15 is 0 Å². The monoisotopic (exact) mass is 365 g/mol. The van der Waals surface area contributed by atoms with Crippen molar-refractivity contribution in [1.82, 2.24) is 24.9 Å². The molecule has 6 nitrogen and oxygen atoms in total. The maximum atomic E-state index is 12.7. The zero-order valence-electron chi connectivity index (χ0n) is 14.9. The summed E-state index contributed by atoms with van der Waals surface area (Å²) >= 11 is 1.56. The lowest BCUT2D eigenvalue weighted by Gasteiger charge is -2.09. The molecule has 7 heteroatoms. The highest BCUT2D eigenvalue weighted by Gasteiger charge is 2.13. The van der Waals surface area contributed by atoms with E-state index in [1.54, 1.807) is 15.9 Å². The smallest absolute Gasteiger partial charge is 0.252 e. The topological polar surface area (TPSA) is 72.2 Å². The molecule has 1 N–H and O–H groups in total. The second-order valence-electron chi connectivity index (χ2n) is 6.42. The van der Waals surface area contributed by atoms with E-state index < -0.39 is 0 Å². The van der Waals surface area contributed by atoms with Crippen LogP contribution in [0.15, 0.2) is 30.5 Å². The normalized spacial score (nSPS) is 11.3. The van der Waals surface area contributed by atoms with Crippen LogP contribution in [0.3, 0.4) is 0 Å². The van der Waals surface area contributed by atoms with Crippen molar-refractivity contribution in [2.75, 3.05) is 6.54 Å². The van der Waals surface area contributed by atoms with Crippen molar-refractivity contribution in [1.29, 1.82) is 0 Å². The van der Waals surface area contributed by atoms with Gasteiger partial charge in [0, 0.05) is 24.0 Å². The number of amides is 1. The van der Waals surface area contributed by atoms with Crippen molar-refractivity contribution in [3.63, 3.8) is 0 Å². The Bertz CT molecular complexity index is 1100. The Kier molecular flexibility index (Phi) is 4.16. The van der Waals surface area contributed by atoms with Gasteiger partial charge in [-0.3, -0.25) is 9.78 Å². The highest BCUT2D eigenvalue weighted by Crippen LogP contribution is 2.20. The summed E-state index contributed by atoms with van der Waals surface area (Å²) in [5.74, 6) is -0.0823. The lowest BCUT2D eigenvalue weighted by Crippen LogP contribution is -2.26. The maximum absolute atomic E-state index is 12.7. The predicted molar refractivity (Wildman–Crippen MR) is 103 cm³/mol. The molecule has 0 aliphatic rings. The van der Waals surface area contributed by atoms with E-state index in [-0.39, 0.29) is 5.91 Å². The van der Waals surface area contributed by atoms with Gasteiger partial charge in [-0.1, -0.05) is 23.0 Å². The first-order valence-corrected chi connectivity index (χ1v) is 9.29. The molecule has 0 aliphatic heterocycles. The summed E-state index contributed by atoms with van der Waals surface area (Å²) < 4.78 is 1.79. The summed E-state index contributed by atoms with van der Waals surface area (Å²) in [6, 6.07) is 7.82. The molecule has 132 valence electrons. The number of pyridine rings is 1. The van der Waals surface area contributed by atoms with E-state index in [0.717, 1.165) is 37.8 Å².